The van der Waals surface area contributed by atoms with Gasteiger partial charge in [-0.1, -0.05) is 36.4 Å². The molecule has 3 N–H and O–H groups in total. The summed E-state index contributed by atoms with van der Waals surface area (Å²) in [6.45, 7) is 1.07. The first kappa shape index (κ1) is 23.3. The summed E-state index contributed by atoms with van der Waals surface area (Å²) < 4.78 is 6.76. The standard InChI is InChI=1S/C28H27N5O3/c1-30-17-19-16-21(10-13-23(19)18-6-4-3-5-7-18)32-15-14-24-25(27(29)34)31-33(26(24)28(32)35)20-8-11-22(36-2)12-9-20/h3-13,16,30H,14-15,17H2,1-2H3,(H2,29,34). The molecule has 2 amide bonds. The van der Waals surface area contributed by atoms with Crippen molar-refractivity contribution in [1.29, 1.82) is 0 Å². The normalized spacial score (nSPS) is 12.9. The lowest BCUT2D eigenvalue weighted by Gasteiger charge is -2.28. The van der Waals surface area contributed by atoms with Crippen molar-refractivity contribution in [3.63, 3.8) is 0 Å². The van der Waals surface area contributed by atoms with Crippen LogP contribution in [0.25, 0.3) is 16.8 Å². The highest BCUT2D eigenvalue weighted by Crippen LogP contribution is 2.32. The Labute approximate surface area is 209 Å². The molecule has 0 saturated heterocycles. The van der Waals surface area contributed by atoms with Crippen LogP contribution in [0, 0.1) is 0 Å². The van der Waals surface area contributed by atoms with Gasteiger partial charge in [0.2, 0.25) is 0 Å². The molecule has 1 aromatic heterocycles. The summed E-state index contributed by atoms with van der Waals surface area (Å²) in [6.07, 6.45) is 0.470. The quantitative estimate of drug-likeness (QED) is 0.420. The Hall–Kier alpha value is -4.43. The number of nitrogens with two attached hydrogens (primary N) is 1. The molecule has 0 saturated carbocycles. The molecule has 3 aromatic carbocycles. The van der Waals surface area contributed by atoms with Crippen LogP contribution in [0.5, 0.6) is 5.75 Å². The molecule has 0 radical (unpaired) electrons. The van der Waals surface area contributed by atoms with Gasteiger partial charge in [-0.15, -0.1) is 0 Å². The van der Waals surface area contributed by atoms with Crippen molar-refractivity contribution in [2.45, 2.75) is 13.0 Å². The number of carbonyl (C=O) groups is 2. The van der Waals surface area contributed by atoms with Gasteiger partial charge in [0.1, 0.15) is 11.4 Å². The molecule has 0 spiro atoms. The Kier molecular flexibility index (Phi) is 6.26. The zero-order valence-corrected chi connectivity index (χ0v) is 20.2. The number of nitrogens with zero attached hydrogens (tertiary/aromatic N) is 3. The van der Waals surface area contributed by atoms with Crippen molar-refractivity contribution in [1.82, 2.24) is 15.1 Å². The number of rotatable bonds is 7. The van der Waals surface area contributed by atoms with Crippen LogP contribution in [0.4, 0.5) is 5.69 Å². The molecular formula is C28H27N5O3. The highest BCUT2D eigenvalue weighted by atomic mass is 16.5. The number of hydrogen-bond acceptors (Lipinski definition) is 5. The predicted octanol–water partition coefficient (Wildman–Crippen LogP) is 3.57. The highest BCUT2D eigenvalue weighted by molar-refractivity contribution is 6.09. The van der Waals surface area contributed by atoms with Gasteiger partial charge in [0.05, 0.1) is 12.8 Å². The van der Waals surface area contributed by atoms with E-state index in [0.717, 1.165) is 22.4 Å². The van der Waals surface area contributed by atoms with E-state index < -0.39 is 5.91 Å². The summed E-state index contributed by atoms with van der Waals surface area (Å²) in [4.78, 5) is 27.8. The van der Waals surface area contributed by atoms with Crippen molar-refractivity contribution in [3.05, 3.63) is 95.3 Å². The number of primary amides is 1. The minimum Gasteiger partial charge on any atom is -0.497 e. The van der Waals surface area contributed by atoms with Crippen molar-refractivity contribution < 1.29 is 14.3 Å². The monoisotopic (exact) mass is 481 g/mol. The van der Waals surface area contributed by atoms with Crippen molar-refractivity contribution in [2.75, 3.05) is 25.6 Å². The van der Waals surface area contributed by atoms with Gasteiger partial charge in [-0.2, -0.15) is 5.10 Å². The van der Waals surface area contributed by atoms with Gasteiger partial charge in [0.25, 0.3) is 11.8 Å². The minimum absolute atomic E-state index is 0.129. The van der Waals surface area contributed by atoms with Crippen LogP contribution in [-0.4, -0.2) is 42.3 Å². The van der Waals surface area contributed by atoms with E-state index in [9.17, 15) is 9.59 Å². The number of anilines is 1. The summed E-state index contributed by atoms with van der Waals surface area (Å²) in [5, 5.41) is 7.67. The van der Waals surface area contributed by atoms with Crippen LogP contribution in [0.15, 0.2) is 72.8 Å². The first-order valence-electron chi connectivity index (χ1n) is 11.7. The number of ether oxygens (including phenoxy) is 1. The molecule has 4 aromatic rings. The lowest BCUT2D eigenvalue weighted by atomic mass is 9.97. The third-order valence-electron chi connectivity index (χ3n) is 6.42. The molecule has 8 heteroatoms. The molecule has 0 bridgehead atoms. The Balaban J connectivity index is 1.57. The fourth-order valence-electron chi connectivity index (χ4n) is 4.70. The average molecular weight is 482 g/mol. The van der Waals surface area contributed by atoms with Gasteiger partial charge in [0, 0.05) is 24.3 Å². The van der Waals surface area contributed by atoms with E-state index in [1.54, 1.807) is 36.3 Å². The summed E-state index contributed by atoms with van der Waals surface area (Å²) in [5.74, 6) is -0.198. The Morgan fingerprint density at radius 3 is 2.44 bits per heavy atom. The third-order valence-corrected chi connectivity index (χ3v) is 6.42. The van der Waals surface area contributed by atoms with E-state index in [-0.39, 0.29) is 11.6 Å². The largest absolute Gasteiger partial charge is 0.497 e. The van der Waals surface area contributed by atoms with Gasteiger partial charge < -0.3 is 20.7 Å². The average Bonchev–Trinajstić information content (AvgIpc) is 3.31. The lowest BCUT2D eigenvalue weighted by molar-refractivity contribution is 0.0972. The number of hydrogen-bond donors (Lipinski definition) is 2. The molecule has 1 aliphatic heterocycles. The zero-order valence-electron chi connectivity index (χ0n) is 20.2. The number of fused-ring (bicyclic) bond motifs is 1. The number of benzene rings is 3. The number of carbonyl (C=O) groups excluding carboxylic acids is 2. The van der Waals surface area contributed by atoms with Gasteiger partial charge in [-0.05, 0) is 66.6 Å². The minimum atomic E-state index is -0.650. The van der Waals surface area contributed by atoms with Crippen LogP contribution in [-0.2, 0) is 13.0 Å². The van der Waals surface area contributed by atoms with E-state index in [1.807, 2.05) is 37.4 Å². The molecule has 0 unspecified atom stereocenters. The maximum absolute atomic E-state index is 13.9. The second-order valence-electron chi connectivity index (χ2n) is 8.59. The maximum Gasteiger partial charge on any atom is 0.277 e. The maximum atomic E-state index is 13.9. The summed E-state index contributed by atoms with van der Waals surface area (Å²) in [5.41, 5.74) is 11.4. The molecule has 0 aliphatic carbocycles. The van der Waals surface area contributed by atoms with Crippen LogP contribution in [0.1, 0.15) is 32.1 Å². The van der Waals surface area contributed by atoms with Crippen molar-refractivity contribution >= 4 is 17.5 Å². The molecule has 0 fully saturated rings. The Morgan fingerprint density at radius 2 is 1.78 bits per heavy atom. The van der Waals surface area contributed by atoms with Crippen LogP contribution >= 0.6 is 0 Å². The molecule has 2 heterocycles. The van der Waals surface area contributed by atoms with Gasteiger partial charge in [-0.3, -0.25) is 9.59 Å². The van der Waals surface area contributed by atoms with E-state index in [0.29, 0.717) is 42.2 Å². The number of amides is 2. The molecule has 5 rings (SSSR count). The highest BCUT2D eigenvalue weighted by Gasteiger charge is 2.34. The Morgan fingerprint density at radius 1 is 1.06 bits per heavy atom. The van der Waals surface area contributed by atoms with Crippen LogP contribution < -0.4 is 20.7 Å². The summed E-state index contributed by atoms with van der Waals surface area (Å²) in [7, 11) is 3.49. The first-order chi connectivity index (χ1) is 17.5. The molecular weight excluding hydrogens is 454 g/mol. The smallest absolute Gasteiger partial charge is 0.277 e. The molecule has 1 aliphatic rings. The van der Waals surface area contributed by atoms with E-state index in [4.69, 9.17) is 10.5 Å². The van der Waals surface area contributed by atoms with Crippen molar-refractivity contribution in [2.24, 2.45) is 5.73 Å². The van der Waals surface area contributed by atoms with Gasteiger partial charge in [0.15, 0.2) is 5.69 Å². The number of nitrogens with one attached hydrogen (secondary N) is 1. The summed E-state index contributed by atoms with van der Waals surface area (Å²) >= 11 is 0. The van der Waals surface area contributed by atoms with E-state index in [2.05, 4.69) is 28.6 Å². The first-order valence-corrected chi connectivity index (χ1v) is 11.7. The second-order valence-corrected chi connectivity index (χ2v) is 8.59. The van der Waals surface area contributed by atoms with E-state index in [1.165, 1.54) is 4.68 Å². The van der Waals surface area contributed by atoms with Gasteiger partial charge >= 0.3 is 0 Å². The Bertz CT molecular complexity index is 1430. The second kappa shape index (κ2) is 9.67. The number of aromatic nitrogens is 2. The summed E-state index contributed by atoms with van der Waals surface area (Å²) in [6, 6.07) is 23.4. The SMILES string of the molecule is CNCc1cc(N2CCc3c(C(N)=O)nn(-c4ccc(OC)cc4)c3C2=O)ccc1-c1ccccc1. The lowest BCUT2D eigenvalue weighted by Crippen LogP contribution is -2.39. The molecule has 36 heavy (non-hydrogen) atoms. The van der Waals surface area contributed by atoms with Gasteiger partial charge in [-0.25, -0.2) is 4.68 Å². The third kappa shape index (κ3) is 4.12. The fourth-order valence-corrected chi connectivity index (χ4v) is 4.70. The fraction of sp³-hybridized carbons (Fsp3) is 0.179. The van der Waals surface area contributed by atoms with Crippen LogP contribution in [0.3, 0.4) is 0 Å². The molecule has 8 nitrogen and oxygen atoms in total. The van der Waals surface area contributed by atoms with Crippen LogP contribution in [0.2, 0.25) is 0 Å². The van der Waals surface area contributed by atoms with E-state index >= 15 is 0 Å². The van der Waals surface area contributed by atoms with Crippen molar-refractivity contribution in [3.8, 4) is 22.6 Å². The molecule has 0 atom stereocenters. The molecule has 182 valence electrons. The topological polar surface area (TPSA) is 102 Å². The predicted molar refractivity (Wildman–Crippen MR) is 139 cm³/mol. The zero-order chi connectivity index (χ0) is 25.2. The number of methoxy groups -OCH3 is 1.